The van der Waals surface area contributed by atoms with Gasteiger partial charge in [-0.05, 0) is 37.1 Å². The van der Waals surface area contributed by atoms with E-state index in [1.165, 1.54) is 0 Å². The van der Waals surface area contributed by atoms with Crippen LogP contribution in [0.4, 0.5) is 18.9 Å². The lowest BCUT2D eigenvalue weighted by atomic mass is 10.1. The second kappa shape index (κ2) is 6.39. The van der Waals surface area contributed by atoms with E-state index in [2.05, 4.69) is 5.32 Å². The third kappa shape index (κ3) is 5.67. The number of hydrogen-bond donors (Lipinski definition) is 2. The Kier molecular flexibility index (Phi) is 5.15. The monoisotopic (exact) mass is 260 g/mol. The molecule has 1 rings (SSSR count). The fourth-order valence-electron chi connectivity index (χ4n) is 1.50. The third-order valence-electron chi connectivity index (χ3n) is 2.24. The molecule has 0 bridgehead atoms. The molecule has 3 N–H and O–H groups in total. The Bertz CT molecular complexity index is 405. The summed E-state index contributed by atoms with van der Waals surface area (Å²) in [5, 5.41) is 2.23. The van der Waals surface area contributed by atoms with Crippen molar-refractivity contribution in [3.05, 3.63) is 29.8 Å². The van der Waals surface area contributed by atoms with E-state index in [0.29, 0.717) is 12.2 Å². The number of amides is 1. The van der Waals surface area contributed by atoms with Crippen molar-refractivity contribution in [1.82, 2.24) is 0 Å². The van der Waals surface area contributed by atoms with Crippen LogP contribution < -0.4 is 11.1 Å². The van der Waals surface area contributed by atoms with Crippen LogP contribution in [0.25, 0.3) is 0 Å². The van der Waals surface area contributed by atoms with E-state index in [-0.39, 0.29) is 0 Å². The molecule has 0 aliphatic rings. The summed E-state index contributed by atoms with van der Waals surface area (Å²) in [5.74, 6) is -1.06. The van der Waals surface area contributed by atoms with Gasteiger partial charge in [-0.1, -0.05) is 12.1 Å². The predicted molar refractivity (Wildman–Crippen MR) is 63.1 cm³/mol. The third-order valence-corrected chi connectivity index (χ3v) is 2.24. The van der Waals surface area contributed by atoms with Crippen LogP contribution in [0.5, 0.6) is 0 Å². The summed E-state index contributed by atoms with van der Waals surface area (Å²) in [6.45, 7) is 0.546. The standard InChI is InChI=1S/C12H15F3N2O/c13-12(14,15)8-11(18)17-10-5-1-3-9(7-10)4-2-6-16/h1,3,5,7H,2,4,6,8,16H2,(H,17,18). The molecule has 1 amide bonds. The van der Waals surface area contributed by atoms with Gasteiger partial charge in [-0.25, -0.2) is 0 Å². The number of carbonyl (C=O) groups excluding carboxylic acids is 1. The molecule has 0 heterocycles. The van der Waals surface area contributed by atoms with Crippen LogP contribution in [0.2, 0.25) is 0 Å². The van der Waals surface area contributed by atoms with E-state index in [0.717, 1.165) is 18.4 Å². The minimum Gasteiger partial charge on any atom is -0.330 e. The minimum absolute atomic E-state index is 0.374. The summed E-state index contributed by atoms with van der Waals surface area (Å²) in [4.78, 5) is 11.1. The largest absolute Gasteiger partial charge is 0.397 e. The van der Waals surface area contributed by atoms with Crippen molar-refractivity contribution >= 4 is 11.6 Å². The van der Waals surface area contributed by atoms with Crippen molar-refractivity contribution in [1.29, 1.82) is 0 Å². The van der Waals surface area contributed by atoms with Crippen LogP contribution >= 0.6 is 0 Å². The zero-order valence-corrected chi connectivity index (χ0v) is 9.76. The number of nitrogens with one attached hydrogen (secondary N) is 1. The van der Waals surface area contributed by atoms with Gasteiger partial charge < -0.3 is 11.1 Å². The van der Waals surface area contributed by atoms with Crippen LogP contribution in [0.1, 0.15) is 18.4 Å². The number of halogens is 3. The first-order valence-corrected chi connectivity index (χ1v) is 5.56. The van der Waals surface area contributed by atoms with Crippen molar-refractivity contribution in [2.75, 3.05) is 11.9 Å². The molecule has 1 aromatic carbocycles. The topological polar surface area (TPSA) is 55.1 Å². The second-order valence-corrected chi connectivity index (χ2v) is 3.93. The molecule has 0 radical (unpaired) electrons. The first-order chi connectivity index (χ1) is 8.40. The SMILES string of the molecule is NCCCc1cccc(NC(=O)CC(F)(F)F)c1. The van der Waals surface area contributed by atoms with E-state index >= 15 is 0 Å². The van der Waals surface area contributed by atoms with E-state index in [9.17, 15) is 18.0 Å². The number of anilines is 1. The summed E-state index contributed by atoms with van der Waals surface area (Å²) < 4.78 is 35.9. The highest BCUT2D eigenvalue weighted by Crippen LogP contribution is 2.20. The normalized spacial score (nSPS) is 11.3. The average Bonchev–Trinajstić information content (AvgIpc) is 2.24. The molecule has 0 aliphatic heterocycles. The van der Waals surface area contributed by atoms with Crippen LogP contribution in [0.15, 0.2) is 24.3 Å². The Morgan fingerprint density at radius 1 is 1.33 bits per heavy atom. The van der Waals surface area contributed by atoms with Gasteiger partial charge in [0.05, 0.1) is 0 Å². The van der Waals surface area contributed by atoms with Crippen LogP contribution in [0, 0.1) is 0 Å². The summed E-state index contributed by atoms with van der Waals surface area (Å²) in [5.41, 5.74) is 6.68. The van der Waals surface area contributed by atoms with Crippen molar-refractivity contribution in [2.45, 2.75) is 25.4 Å². The van der Waals surface area contributed by atoms with Gasteiger partial charge >= 0.3 is 6.18 Å². The van der Waals surface area contributed by atoms with Gasteiger partial charge in [0.2, 0.25) is 5.91 Å². The molecule has 0 unspecified atom stereocenters. The van der Waals surface area contributed by atoms with E-state index in [4.69, 9.17) is 5.73 Å². The molecule has 0 aromatic heterocycles. The molecule has 100 valence electrons. The zero-order valence-electron chi connectivity index (χ0n) is 9.76. The molecular formula is C12H15F3N2O. The van der Waals surface area contributed by atoms with Crippen LogP contribution in [0.3, 0.4) is 0 Å². The van der Waals surface area contributed by atoms with Gasteiger partial charge in [-0.3, -0.25) is 4.79 Å². The summed E-state index contributed by atoms with van der Waals surface area (Å²) >= 11 is 0. The molecule has 6 heteroatoms. The molecule has 0 atom stereocenters. The summed E-state index contributed by atoms with van der Waals surface area (Å²) in [7, 11) is 0. The maximum atomic E-state index is 12.0. The lowest BCUT2D eigenvalue weighted by molar-refractivity contribution is -0.150. The van der Waals surface area contributed by atoms with Crippen molar-refractivity contribution < 1.29 is 18.0 Å². The molecule has 1 aromatic rings. The van der Waals surface area contributed by atoms with Gasteiger partial charge in [0, 0.05) is 5.69 Å². The number of nitrogens with two attached hydrogens (primary N) is 1. The van der Waals surface area contributed by atoms with Gasteiger partial charge in [0.1, 0.15) is 6.42 Å². The maximum Gasteiger partial charge on any atom is 0.397 e. The Hall–Kier alpha value is -1.56. The number of rotatable bonds is 5. The molecule has 0 saturated heterocycles. The Morgan fingerprint density at radius 2 is 2.06 bits per heavy atom. The summed E-state index contributed by atoms with van der Waals surface area (Å²) in [6.07, 6.45) is -4.43. The first-order valence-electron chi connectivity index (χ1n) is 5.56. The molecule has 3 nitrogen and oxygen atoms in total. The van der Waals surface area contributed by atoms with Gasteiger partial charge in [-0.15, -0.1) is 0 Å². The lowest BCUT2D eigenvalue weighted by Crippen LogP contribution is -2.21. The molecule has 18 heavy (non-hydrogen) atoms. The van der Waals surface area contributed by atoms with Crippen molar-refractivity contribution in [3.8, 4) is 0 Å². The Morgan fingerprint density at radius 3 is 2.67 bits per heavy atom. The number of carbonyl (C=O) groups is 1. The molecular weight excluding hydrogens is 245 g/mol. The average molecular weight is 260 g/mol. The number of aryl methyl sites for hydroxylation is 1. The van der Waals surface area contributed by atoms with E-state index < -0.39 is 18.5 Å². The van der Waals surface area contributed by atoms with E-state index in [1.54, 1.807) is 18.2 Å². The fourth-order valence-corrected chi connectivity index (χ4v) is 1.50. The molecule has 0 aliphatic carbocycles. The predicted octanol–water partition coefficient (Wildman–Crippen LogP) is 2.47. The van der Waals surface area contributed by atoms with Crippen molar-refractivity contribution in [2.24, 2.45) is 5.73 Å². The summed E-state index contributed by atoms with van der Waals surface area (Å²) in [6, 6.07) is 6.74. The van der Waals surface area contributed by atoms with Crippen LogP contribution in [-0.4, -0.2) is 18.6 Å². The second-order valence-electron chi connectivity index (χ2n) is 3.93. The minimum atomic E-state index is -4.48. The molecule has 0 spiro atoms. The fraction of sp³-hybridized carbons (Fsp3) is 0.417. The Labute approximate surface area is 103 Å². The van der Waals surface area contributed by atoms with Crippen molar-refractivity contribution in [3.63, 3.8) is 0 Å². The number of hydrogen-bond acceptors (Lipinski definition) is 2. The number of alkyl halides is 3. The smallest absolute Gasteiger partial charge is 0.330 e. The molecule has 0 saturated carbocycles. The highest BCUT2D eigenvalue weighted by Gasteiger charge is 2.31. The zero-order chi connectivity index (χ0) is 13.6. The van der Waals surface area contributed by atoms with E-state index in [1.807, 2.05) is 6.07 Å². The molecule has 0 fully saturated rings. The van der Waals surface area contributed by atoms with Gasteiger partial charge in [-0.2, -0.15) is 13.2 Å². The number of benzene rings is 1. The first kappa shape index (κ1) is 14.5. The van der Waals surface area contributed by atoms with Crippen LogP contribution in [-0.2, 0) is 11.2 Å². The van der Waals surface area contributed by atoms with Gasteiger partial charge in [0.25, 0.3) is 0 Å². The Balaban J connectivity index is 2.59. The quantitative estimate of drug-likeness (QED) is 0.854. The maximum absolute atomic E-state index is 12.0. The highest BCUT2D eigenvalue weighted by molar-refractivity contribution is 5.91. The van der Waals surface area contributed by atoms with Gasteiger partial charge in [0.15, 0.2) is 0 Å². The lowest BCUT2D eigenvalue weighted by Gasteiger charge is -2.09. The highest BCUT2D eigenvalue weighted by atomic mass is 19.4.